The molecule has 0 radical (unpaired) electrons. The smallest absolute Gasteiger partial charge is 0.127 e. The van der Waals surface area contributed by atoms with E-state index in [-0.39, 0.29) is 0 Å². The maximum atomic E-state index is 5.83. The molecule has 0 aliphatic carbocycles. The van der Waals surface area contributed by atoms with Gasteiger partial charge in [0.05, 0.1) is 7.11 Å². The van der Waals surface area contributed by atoms with E-state index >= 15 is 0 Å². The fourth-order valence-electron chi connectivity index (χ4n) is 2.24. The van der Waals surface area contributed by atoms with Gasteiger partial charge in [0.1, 0.15) is 17.2 Å². The number of methoxy groups -OCH3 is 1. The molecule has 0 amide bonds. The molecule has 2 heteroatoms. The van der Waals surface area contributed by atoms with Gasteiger partial charge in [0.25, 0.3) is 0 Å². The van der Waals surface area contributed by atoms with E-state index in [0.29, 0.717) is 0 Å². The first-order valence-electron chi connectivity index (χ1n) is 7.23. The molecule has 3 rings (SSSR count). The zero-order chi connectivity index (χ0) is 15.4. The first-order valence-corrected chi connectivity index (χ1v) is 7.23. The SMILES string of the molecule is COc1ccc(Oc2ccc(-c3ccc(C)cc3)cc2)cc1. The van der Waals surface area contributed by atoms with Crippen molar-refractivity contribution in [3.05, 3.63) is 78.4 Å². The molecule has 0 aliphatic heterocycles. The summed E-state index contributed by atoms with van der Waals surface area (Å²) in [5.74, 6) is 2.44. The second-order valence-corrected chi connectivity index (χ2v) is 5.17. The third-order valence-corrected chi connectivity index (χ3v) is 3.53. The average molecular weight is 290 g/mol. The second kappa shape index (κ2) is 6.35. The van der Waals surface area contributed by atoms with Crippen molar-refractivity contribution in [3.63, 3.8) is 0 Å². The Kier molecular flexibility index (Phi) is 4.10. The number of hydrogen-bond acceptors (Lipinski definition) is 2. The molecule has 110 valence electrons. The van der Waals surface area contributed by atoms with Gasteiger partial charge in [0.2, 0.25) is 0 Å². The van der Waals surface area contributed by atoms with Gasteiger partial charge in [-0.2, -0.15) is 0 Å². The minimum atomic E-state index is 0.795. The summed E-state index contributed by atoms with van der Waals surface area (Å²) in [4.78, 5) is 0. The predicted molar refractivity (Wildman–Crippen MR) is 89.7 cm³/mol. The predicted octanol–water partition coefficient (Wildman–Crippen LogP) is 5.46. The van der Waals surface area contributed by atoms with Crippen molar-refractivity contribution in [2.75, 3.05) is 7.11 Å². The number of benzene rings is 3. The van der Waals surface area contributed by atoms with Crippen LogP contribution < -0.4 is 9.47 Å². The van der Waals surface area contributed by atoms with Gasteiger partial charge in [-0.05, 0) is 54.4 Å². The van der Waals surface area contributed by atoms with Gasteiger partial charge in [-0.3, -0.25) is 0 Å². The molecule has 0 bridgehead atoms. The van der Waals surface area contributed by atoms with E-state index in [4.69, 9.17) is 9.47 Å². The number of ether oxygens (including phenoxy) is 2. The van der Waals surface area contributed by atoms with Crippen LogP contribution in [-0.2, 0) is 0 Å². The standard InChI is InChI=1S/C20H18O2/c1-15-3-5-16(6-4-15)17-7-9-19(10-8-17)22-20-13-11-18(21-2)12-14-20/h3-14H,1-2H3. The van der Waals surface area contributed by atoms with Crippen LogP contribution in [0.3, 0.4) is 0 Å². The second-order valence-electron chi connectivity index (χ2n) is 5.17. The Balaban J connectivity index is 1.74. The maximum absolute atomic E-state index is 5.83. The molecule has 0 saturated heterocycles. The minimum absolute atomic E-state index is 0.795. The Hall–Kier alpha value is -2.74. The first kappa shape index (κ1) is 14.2. The van der Waals surface area contributed by atoms with Crippen LogP contribution in [0, 0.1) is 6.92 Å². The molecular weight excluding hydrogens is 272 g/mol. The third-order valence-electron chi connectivity index (χ3n) is 3.53. The highest BCUT2D eigenvalue weighted by Crippen LogP contribution is 2.27. The van der Waals surface area contributed by atoms with E-state index in [2.05, 4.69) is 43.3 Å². The largest absolute Gasteiger partial charge is 0.497 e. The summed E-state index contributed by atoms with van der Waals surface area (Å²) >= 11 is 0. The van der Waals surface area contributed by atoms with Crippen LogP contribution in [0.4, 0.5) is 0 Å². The summed E-state index contributed by atoms with van der Waals surface area (Å²) < 4.78 is 11.0. The Bertz CT molecular complexity index is 726. The topological polar surface area (TPSA) is 18.5 Å². The monoisotopic (exact) mass is 290 g/mol. The summed E-state index contributed by atoms with van der Waals surface area (Å²) in [5.41, 5.74) is 3.66. The lowest BCUT2D eigenvalue weighted by Gasteiger charge is -2.08. The van der Waals surface area contributed by atoms with Crippen LogP contribution in [0.5, 0.6) is 17.2 Å². The zero-order valence-corrected chi connectivity index (χ0v) is 12.7. The van der Waals surface area contributed by atoms with Crippen molar-refractivity contribution in [2.45, 2.75) is 6.92 Å². The van der Waals surface area contributed by atoms with Crippen LogP contribution in [0.25, 0.3) is 11.1 Å². The van der Waals surface area contributed by atoms with E-state index in [1.54, 1.807) is 7.11 Å². The molecule has 2 nitrogen and oxygen atoms in total. The van der Waals surface area contributed by atoms with Crippen molar-refractivity contribution in [1.82, 2.24) is 0 Å². The highest BCUT2D eigenvalue weighted by molar-refractivity contribution is 5.64. The van der Waals surface area contributed by atoms with Gasteiger partial charge in [0, 0.05) is 0 Å². The Morgan fingerprint density at radius 3 is 1.45 bits per heavy atom. The fourth-order valence-corrected chi connectivity index (χ4v) is 2.24. The fraction of sp³-hybridized carbons (Fsp3) is 0.100. The Morgan fingerprint density at radius 2 is 0.955 bits per heavy atom. The molecule has 0 spiro atoms. The van der Waals surface area contributed by atoms with Crippen LogP contribution in [0.1, 0.15) is 5.56 Å². The molecule has 3 aromatic rings. The quantitative estimate of drug-likeness (QED) is 0.635. The lowest BCUT2D eigenvalue weighted by Crippen LogP contribution is -1.86. The van der Waals surface area contributed by atoms with Gasteiger partial charge in [-0.1, -0.05) is 42.0 Å². The number of hydrogen-bond donors (Lipinski definition) is 0. The van der Waals surface area contributed by atoms with Crippen LogP contribution in [0.2, 0.25) is 0 Å². The molecule has 0 heterocycles. The molecule has 0 aromatic heterocycles. The molecule has 0 atom stereocenters. The van der Waals surface area contributed by atoms with Gasteiger partial charge in [0.15, 0.2) is 0 Å². The molecule has 0 aliphatic rings. The van der Waals surface area contributed by atoms with Gasteiger partial charge in [-0.15, -0.1) is 0 Å². The number of rotatable bonds is 4. The van der Waals surface area contributed by atoms with Crippen molar-refractivity contribution in [2.24, 2.45) is 0 Å². The summed E-state index contributed by atoms with van der Waals surface area (Å²) in [6.45, 7) is 2.09. The molecule has 0 saturated carbocycles. The summed E-state index contributed by atoms with van der Waals surface area (Å²) in [7, 11) is 1.65. The molecule has 0 unspecified atom stereocenters. The summed E-state index contributed by atoms with van der Waals surface area (Å²) in [6.07, 6.45) is 0. The Labute approximate surface area is 131 Å². The van der Waals surface area contributed by atoms with Crippen molar-refractivity contribution < 1.29 is 9.47 Å². The minimum Gasteiger partial charge on any atom is -0.497 e. The zero-order valence-electron chi connectivity index (χ0n) is 12.7. The van der Waals surface area contributed by atoms with Gasteiger partial charge >= 0.3 is 0 Å². The van der Waals surface area contributed by atoms with Crippen molar-refractivity contribution in [1.29, 1.82) is 0 Å². The molecule has 0 N–H and O–H groups in total. The van der Waals surface area contributed by atoms with E-state index in [0.717, 1.165) is 17.2 Å². The highest BCUT2D eigenvalue weighted by Gasteiger charge is 2.01. The van der Waals surface area contributed by atoms with E-state index in [9.17, 15) is 0 Å². The first-order chi connectivity index (χ1) is 10.7. The van der Waals surface area contributed by atoms with Crippen molar-refractivity contribution >= 4 is 0 Å². The molecule has 3 aromatic carbocycles. The van der Waals surface area contributed by atoms with Crippen LogP contribution in [-0.4, -0.2) is 7.11 Å². The Morgan fingerprint density at radius 1 is 0.545 bits per heavy atom. The maximum Gasteiger partial charge on any atom is 0.127 e. The van der Waals surface area contributed by atoms with Crippen LogP contribution in [0.15, 0.2) is 72.8 Å². The molecular formula is C20H18O2. The number of aryl methyl sites for hydroxylation is 1. The molecule has 22 heavy (non-hydrogen) atoms. The average Bonchev–Trinajstić information content (AvgIpc) is 2.57. The van der Waals surface area contributed by atoms with Crippen molar-refractivity contribution in [3.8, 4) is 28.4 Å². The van der Waals surface area contributed by atoms with Gasteiger partial charge < -0.3 is 9.47 Å². The van der Waals surface area contributed by atoms with E-state index in [1.165, 1.54) is 16.7 Å². The van der Waals surface area contributed by atoms with Crippen LogP contribution >= 0.6 is 0 Å². The molecule has 0 fully saturated rings. The van der Waals surface area contributed by atoms with E-state index < -0.39 is 0 Å². The summed E-state index contributed by atoms with van der Waals surface area (Å²) in [5, 5.41) is 0. The summed E-state index contributed by atoms with van der Waals surface area (Å²) in [6, 6.07) is 24.2. The normalized spacial score (nSPS) is 10.3. The lowest BCUT2D eigenvalue weighted by atomic mass is 10.0. The van der Waals surface area contributed by atoms with E-state index in [1.807, 2.05) is 36.4 Å². The third kappa shape index (κ3) is 3.29. The van der Waals surface area contributed by atoms with Gasteiger partial charge in [-0.25, -0.2) is 0 Å². The highest BCUT2D eigenvalue weighted by atomic mass is 16.5. The lowest BCUT2D eigenvalue weighted by molar-refractivity contribution is 0.413.